The van der Waals surface area contributed by atoms with Gasteiger partial charge in [-0.05, 0) is 43.9 Å². The SMILES string of the molecule is CCCCOC1CC(COC2CC(C)C2)C1. The highest BCUT2D eigenvalue weighted by molar-refractivity contribution is 4.82. The Morgan fingerprint density at radius 3 is 2.31 bits per heavy atom. The Labute approximate surface area is 99.7 Å². The second kappa shape index (κ2) is 6.02. The van der Waals surface area contributed by atoms with Crippen molar-refractivity contribution in [3.63, 3.8) is 0 Å². The van der Waals surface area contributed by atoms with Crippen molar-refractivity contribution in [3.05, 3.63) is 0 Å². The average molecular weight is 226 g/mol. The standard InChI is InChI=1S/C14H26O2/c1-3-4-5-15-14-8-12(9-14)10-16-13-6-11(2)7-13/h11-14H,3-10H2,1-2H3. The van der Waals surface area contributed by atoms with E-state index in [1.165, 1.54) is 38.5 Å². The Balaban J connectivity index is 1.43. The van der Waals surface area contributed by atoms with E-state index in [0.717, 1.165) is 25.0 Å². The molecule has 0 N–H and O–H groups in total. The summed E-state index contributed by atoms with van der Waals surface area (Å²) in [4.78, 5) is 0. The molecule has 2 heteroatoms. The fraction of sp³-hybridized carbons (Fsp3) is 1.00. The van der Waals surface area contributed by atoms with E-state index in [0.29, 0.717) is 12.2 Å². The van der Waals surface area contributed by atoms with Crippen molar-refractivity contribution < 1.29 is 9.47 Å². The Bertz CT molecular complexity index is 193. The van der Waals surface area contributed by atoms with Gasteiger partial charge in [0.05, 0.1) is 12.2 Å². The van der Waals surface area contributed by atoms with Gasteiger partial charge in [-0.2, -0.15) is 0 Å². The summed E-state index contributed by atoms with van der Waals surface area (Å²) in [7, 11) is 0. The molecule has 2 nitrogen and oxygen atoms in total. The summed E-state index contributed by atoms with van der Waals surface area (Å²) in [5.41, 5.74) is 0. The molecular formula is C14H26O2. The first-order valence-corrected chi connectivity index (χ1v) is 7.01. The van der Waals surface area contributed by atoms with E-state index in [1.54, 1.807) is 0 Å². The second-order valence-corrected chi connectivity index (χ2v) is 5.72. The molecule has 2 rings (SSSR count). The fourth-order valence-corrected chi connectivity index (χ4v) is 2.58. The molecule has 0 aliphatic heterocycles. The second-order valence-electron chi connectivity index (χ2n) is 5.72. The molecule has 0 spiro atoms. The third-order valence-corrected chi connectivity index (χ3v) is 3.94. The van der Waals surface area contributed by atoms with Crippen LogP contribution < -0.4 is 0 Å². The maximum absolute atomic E-state index is 5.87. The van der Waals surface area contributed by atoms with Crippen LogP contribution in [-0.4, -0.2) is 25.4 Å². The molecule has 0 radical (unpaired) electrons. The number of rotatable bonds is 7. The lowest BCUT2D eigenvalue weighted by Gasteiger charge is -2.38. The lowest BCUT2D eigenvalue weighted by atomic mass is 9.81. The first kappa shape index (κ1) is 12.4. The number of unbranched alkanes of at least 4 members (excludes halogenated alkanes) is 1. The number of hydrogen-bond donors (Lipinski definition) is 0. The lowest BCUT2D eigenvalue weighted by molar-refractivity contribution is -0.0914. The monoisotopic (exact) mass is 226 g/mol. The molecular weight excluding hydrogens is 200 g/mol. The van der Waals surface area contributed by atoms with Crippen molar-refractivity contribution in [2.45, 2.75) is 64.6 Å². The van der Waals surface area contributed by atoms with Gasteiger partial charge in [0, 0.05) is 13.2 Å². The summed E-state index contributed by atoms with van der Waals surface area (Å²) in [6.45, 7) is 6.45. The highest BCUT2D eigenvalue weighted by atomic mass is 16.5. The van der Waals surface area contributed by atoms with Gasteiger partial charge in [-0.1, -0.05) is 20.3 Å². The first-order valence-electron chi connectivity index (χ1n) is 7.01. The largest absolute Gasteiger partial charge is 0.378 e. The normalized spacial score (nSPS) is 37.9. The van der Waals surface area contributed by atoms with E-state index in [4.69, 9.17) is 9.47 Å². The molecule has 0 unspecified atom stereocenters. The van der Waals surface area contributed by atoms with Crippen molar-refractivity contribution >= 4 is 0 Å². The van der Waals surface area contributed by atoms with Gasteiger partial charge in [-0.15, -0.1) is 0 Å². The maximum Gasteiger partial charge on any atom is 0.0582 e. The highest BCUT2D eigenvalue weighted by Crippen LogP contribution is 2.34. The van der Waals surface area contributed by atoms with Gasteiger partial charge in [0.15, 0.2) is 0 Å². The first-order chi connectivity index (χ1) is 7.78. The van der Waals surface area contributed by atoms with Crippen molar-refractivity contribution in [3.8, 4) is 0 Å². The zero-order valence-corrected chi connectivity index (χ0v) is 10.8. The number of ether oxygens (including phenoxy) is 2. The van der Waals surface area contributed by atoms with Crippen molar-refractivity contribution in [2.75, 3.05) is 13.2 Å². The van der Waals surface area contributed by atoms with E-state index in [9.17, 15) is 0 Å². The van der Waals surface area contributed by atoms with Crippen molar-refractivity contribution in [2.24, 2.45) is 11.8 Å². The van der Waals surface area contributed by atoms with Crippen LogP contribution in [0.4, 0.5) is 0 Å². The third kappa shape index (κ3) is 3.46. The maximum atomic E-state index is 5.87. The molecule has 2 aliphatic carbocycles. The predicted octanol–water partition coefficient (Wildman–Crippen LogP) is 3.40. The van der Waals surface area contributed by atoms with Gasteiger partial charge in [-0.25, -0.2) is 0 Å². The minimum Gasteiger partial charge on any atom is -0.378 e. The summed E-state index contributed by atoms with van der Waals surface area (Å²) < 4.78 is 11.6. The molecule has 0 bridgehead atoms. The van der Waals surface area contributed by atoms with Crippen molar-refractivity contribution in [1.82, 2.24) is 0 Å². The molecule has 16 heavy (non-hydrogen) atoms. The number of hydrogen-bond acceptors (Lipinski definition) is 2. The van der Waals surface area contributed by atoms with Crippen LogP contribution in [0.5, 0.6) is 0 Å². The van der Waals surface area contributed by atoms with Gasteiger partial charge in [0.2, 0.25) is 0 Å². The minimum atomic E-state index is 0.542. The predicted molar refractivity (Wildman–Crippen MR) is 65.5 cm³/mol. The summed E-state index contributed by atoms with van der Waals surface area (Å²) in [6, 6.07) is 0. The molecule has 2 saturated carbocycles. The molecule has 0 aromatic carbocycles. The van der Waals surface area contributed by atoms with Gasteiger partial charge >= 0.3 is 0 Å². The van der Waals surface area contributed by atoms with E-state index in [-0.39, 0.29) is 0 Å². The van der Waals surface area contributed by atoms with Gasteiger partial charge in [0.25, 0.3) is 0 Å². The highest BCUT2D eigenvalue weighted by Gasteiger charge is 2.32. The van der Waals surface area contributed by atoms with Gasteiger partial charge < -0.3 is 9.47 Å². The van der Waals surface area contributed by atoms with Crippen LogP contribution in [0, 0.1) is 11.8 Å². The molecule has 0 aromatic heterocycles. The molecule has 2 aliphatic rings. The van der Waals surface area contributed by atoms with E-state index >= 15 is 0 Å². The van der Waals surface area contributed by atoms with Gasteiger partial charge in [-0.3, -0.25) is 0 Å². The zero-order valence-electron chi connectivity index (χ0n) is 10.8. The van der Waals surface area contributed by atoms with Crippen LogP contribution in [0.3, 0.4) is 0 Å². The van der Waals surface area contributed by atoms with E-state index in [1.807, 2.05) is 0 Å². The zero-order chi connectivity index (χ0) is 11.4. The van der Waals surface area contributed by atoms with Crippen molar-refractivity contribution in [1.29, 1.82) is 0 Å². The van der Waals surface area contributed by atoms with Crippen LogP contribution in [-0.2, 0) is 9.47 Å². The Morgan fingerprint density at radius 2 is 1.69 bits per heavy atom. The summed E-state index contributed by atoms with van der Waals surface area (Å²) in [5, 5.41) is 0. The molecule has 0 aromatic rings. The Morgan fingerprint density at radius 1 is 1.00 bits per heavy atom. The minimum absolute atomic E-state index is 0.542. The summed E-state index contributed by atoms with van der Waals surface area (Å²) >= 11 is 0. The van der Waals surface area contributed by atoms with Crippen LogP contribution in [0.2, 0.25) is 0 Å². The van der Waals surface area contributed by atoms with E-state index < -0.39 is 0 Å². The molecule has 0 amide bonds. The topological polar surface area (TPSA) is 18.5 Å². The fourth-order valence-electron chi connectivity index (χ4n) is 2.58. The van der Waals surface area contributed by atoms with E-state index in [2.05, 4.69) is 13.8 Å². The molecule has 2 fully saturated rings. The molecule has 0 heterocycles. The van der Waals surface area contributed by atoms with Crippen LogP contribution >= 0.6 is 0 Å². The smallest absolute Gasteiger partial charge is 0.0582 e. The van der Waals surface area contributed by atoms with Crippen LogP contribution in [0.1, 0.15) is 52.4 Å². The molecule has 0 saturated heterocycles. The van der Waals surface area contributed by atoms with Crippen LogP contribution in [0.25, 0.3) is 0 Å². The summed E-state index contributed by atoms with van der Waals surface area (Å²) in [6.07, 6.45) is 8.58. The average Bonchev–Trinajstić information content (AvgIpc) is 2.17. The lowest BCUT2D eigenvalue weighted by Crippen LogP contribution is -2.37. The van der Waals surface area contributed by atoms with Crippen LogP contribution in [0.15, 0.2) is 0 Å². The third-order valence-electron chi connectivity index (χ3n) is 3.94. The Kier molecular flexibility index (Phi) is 4.66. The molecule has 0 atom stereocenters. The summed E-state index contributed by atoms with van der Waals surface area (Å²) in [5.74, 6) is 1.68. The molecule has 94 valence electrons. The van der Waals surface area contributed by atoms with Gasteiger partial charge in [0.1, 0.15) is 0 Å². The Hall–Kier alpha value is -0.0800. The quantitative estimate of drug-likeness (QED) is 0.619.